The van der Waals surface area contributed by atoms with Gasteiger partial charge < -0.3 is 14.5 Å². The Labute approximate surface area is 145 Å². The first-order valence-corrected chi connectivity index (χ1v) is 8.40. The van der Waals surface area contributed by atoms with E-state index in [1.165, 1.54) is 19.2 Å². The second-order valence-electron chi connectivity index (χ2n) is 7.02. The second-order valence-corrected chi connectivity index (χ2v) is 7.02. The summed E-state index contributed by atoms with van der Waals surface area (Å²) < 4.78 is 31.6. The summed E-state index contributed by atoms with van der Waals surface area (Å²) in [6, 6.07) is 3.34. The summed E-state index contributed by atoms with van der Waals surface area (Å²) in [5.41, 5.74) is 0.308. The van der Waals surface area contributed by atoms with Crippen LogP contribution >= 0.6 is 0 Å². The highest BCUT2D eigenvalue weighted by atomic mass is 19.1. The Kier molecular flexibility index (Phi) is 5.03. The van der Waals surface area contributed by atoms with E-state index in [0.717, 1.165) is 18.9 Å². The summed E-state index contributed by atoms with van der Waals surface area (Å²) in [4.78, 5) is 27.7. The number of ether oxygens (including phenoxy) is 1. The van der Waals surface area contributed by atoms with Crippen LogP contribution in [-0.2, 0) is 20.9 Å². The van der Waals surface area contributed by atoms with Crippen LogP contribution in [0.25, 0.3) is 0 Å². The van der Waals surface area contributed by atoms with Gasteiger partial charge in [-0.25, -0.2) is 8.78 Å². The van der Waals surface area contributed by atoms with E-state index in [-0.39, 0.29) is 30.4 Å². The van der Waals surface area contributed by atoms with Gasteiger partial charge in [-0.15, -0.1) is 0 Å². The van der Waals surface area contributed by atoms with Crippen molar-refractivity contribution in [3.63, 3.8) is 0 Å². The highest BCUT2D eigenvalue weighted by molar-refractivity contribution is 5.80. The molecular weight excluding hydrogens is 330 g/mol. The van der Waals surface area contributed by atoms with Gasteiger partial charge in [0.1, 0.15) is 18.2 Å². The fraction of sp³-hybridized carbons (Fsp3) is 0.556. The maximum Gasteiger partial charge on any atom is 0.248 e. The highest BCUT2D eigenvalue weighted by Gasteiger charge is 2.45. The van der Waals surface area contributed by atoms with Crippen molar-refractivity contribution in [1.82, 2.24) is 9.80 Å². The van der Waals surface area contributed by atoms with Gasteiger partial charge in [0.25, 0.3) is 0 Å². The summed E-state index contributed by atoms with van der Waals surface area (Å²) in [6.45, 7) is 2.07. The zero-order valence-electron chi connectivity index (χ0n) is 14.3. The molecule has 5 nitrogen and oxygen atoms in total. The molecule has 3 rings (SSSR count). The van der Waals surface area contributed by atoms with Crippen LogP contribution in [0.3, 0.4) is 0 Å². The number of nitrogens with zero attached hydrogens (tertiary/aromatic N) is 2. The first-order chi connectivity index (χ1) is 11.9. The number of rotatable bonds is 4. The minimum atomic E-state index is -0.638. The number of carbonyl (C=O) groups excluding carboxylic acids is 2. The van der Waals surface area contributed by atoms with E-state index in [4.69, 9.17) is 4.74 Å². The molecule has 2 saturated heterocycles. The van der Waals surface area contributed by atoms with E-state index >= 15 is 0 Å². The van der Waals surface area contributed by atoms with Crippen molar-refractivity contribution >= 4 is 11.8 Å². The number of halogens is 2. The predicted octanol–water partition coefficient (Wildman–Crippen LogP) is 1.95. The van der Waals surface area contributed by atoms with Crippen molar-refractivity contribution < 1.29 is 23.1 Å². The average molecular weight is 352 g/mol. The summed E-state index contributed by atoms with van der Waals surface area (Å²) in [5.74, 6) is -1.31. The van der Waals surface area contributed by atoms with Crippen LogP contribution in [-0.4, -0.2) is 55.0 Å². The van der Waals surface area contributed by atoms with Gasteiger partial charge in [0.2, 0.25) is 11.8 Å². The molecule has 0 bridgehead atoms. The van der Waals surface area contributed by atoms with Gasteiger partial charge in [-0.3, -0.25) is 9.59 Å². The number of methoxy groups -OCH3 is 1. The Morgan fingerprint density at radius 2 is 1.84 bits per heavy atom. The lowest BCUT2D eigenvalue weighted by Crippen LogP contribution is -2.45. The van der Waals surface area contributed by atoms with E-state index in [2.05, 4.69) is 0 Å². The molecule has 2 amide bonds. The molecule has 136 valence electrons. The molecule has 1 aromatic carbocycles. The molecule has 2 aliphatic rings. The number of hydrogen-bond acceptors (Lipinski definition) is 3. The summed E-state index contributed by atoms with van der Waals surface area (Å²) in [6.07, 6.45) is 1.93. The number of amides is 2. The van der Waals surface area contributed by atoms with Crippen molar-refractivity contribution in [3.05, 3.63) is 35.4 Å². The largest absolute Gasteiger partial charge is 0.375 e. The monoisotopic (exact) mass is 352 g/mol. The van der Waals surface area contributed by atoms with E-state index in [0.29, 0.717) is 31.6 Å². The molecule has 0 atom stereocenters. The zero-order chi connectivity index (χ0) is 18.0. The third kappa shape index (κ3) is 3.98. The molecular formula is C18H22F2N2O3. The Hall–Kier alpha value is -2.02. The number of hydrogen-bond donors (Lipinski definition) is 0. The molecule has 2 aliphatic heterocycles. The number of carbonyl (C=O) groups is 2. The van der Waals surface area contributed by atoms with Gasteiger partial charge in [-0.05, 0) is 30.5 Å². The lowest BCUT2D eigenvalue weighted by Gasteiger charge is -2.38. The molecule has 2 fully saturated rings. The van der Waals surface area contributed by atoms with Crippen LogP contribution in [0.1, 0.15) is 24.8 Å². The predicted molar refractivity (Wildman–Crippen MR) is 86.5 cm³/mol. The molecule has 1 aromatic rings. The number of piperidine rings is 1. The van der Waals surface area contributed by atoms with Crippen molar-refractivity contribution in [3.8, 4) is 0 Å². The van der Waals surface area contributed by atoms with Crippen molar-refractivity contribution in [2.24, 2.45) is 5.41 Å². The summed E-state index contributed by atoms with van der Waals surface area (Å²) in [7, 11) is 1.49. The van der Waals surface area contributed by atoms with E-state index in [1.54, 1.807) is 9.80 Å². The third-order valence-electron chi connectivity index (χ3n) is 5.15. The van der Waals surface area contributed by atoms with Crippen LogP contribution in [0.5, 0.6) is 0 Å². The zero-order valence-corrected chi connectivity index (χ0v) is 14.3. The van der Waals surface area contributed by atoms with E-state index in [1.807, 2.05) is 0 Å². The van der Waals surface area contributed by atoms with Crippen LogP contribution < -0.4 is 0 Å². The molecule has 25 heavy (non-hydrogen) atoms. The first-order valence-electron chi connectivity index (χ1n) is 8.40. The van der Waals surface area contributed by atoms with Crippen molar-refractivity contribution in [2.75, 3.05) is 33.4 Å². The minimum absolute atomic E-state index is 0.00124. The van der Waals surface area contributed by atoms with Gasteiger partial charge in [-0.1, -0.05) is 0 Å². The average Bonchev–Trinajstić information content (AvgIpc) is 2.82. The van der Waals surface area contributed by atoms with E-state index < -0.39 is 11.6 Å². The van der Waals surface area contributed by atoms with Gasteiger partial charge in [0, 0.05) is 51.2 Å². The molecule has 7 heteroatoms. The van der Waals surface area contributed by atoms with Crippen molar-refractivity contribution in [2.45, 2.75) is 25.8 Å². The fourth-order valence-electron chi connectivity index (χ4n) is 3.83. The van der Waals surface area contributed by atoms with Gasteiger partial charge in [0.05, 0.1) is 0 Å². The van der Waals surface area contributed by atoms with Crippen LogP contribution in [0.4, 0.5) is 8.78 Å². The number of benzene rings is 1. The maximum absolute atomic E-state index is 13.3. The molecule has 2 heterocycles. The minimum Gasteiger partial charge on any atom is -0.375 e. The molecule has 0 aliphatic carbocycles. The lowest BCUT2D eigenvalue weighted by atomic mass is 9.77. The standard InChI is InChI=1S/C18H22F2N2O3/c1-25-11-17(24)21-4-2-18(3-5-21)9-16(23)22(12-18)10-13-6-14(19)8-15(20)7-13/h6-8H,2-5,9-12H2,1H3. The fourth-order valence-corrected chi connectivity index (χ4v) is 3.83. The quantitative estimate of drug-likeness (QED) is 0.832. The summed E-state index contributed by atoms with van der Waals surface area (Å²) >= 11 is 0. The van der Waals surface area contributed by atoms with Crippen LogP contribution in [0.15, 0.2) is 18.2 Å². The molecule has 0 N–H and O–H groups in total. The summed E-state index contributed by atoms with van der Waals surface area (Å²) in [5, 5.41) is 0. The van der Waals surface area contributed by atoms with E-state index in [9.17, 15) is 18.4 Å². The van der Waals surface area contributed by atoms with Gasteiger partial charge in [-0.2, -0.15) is 0 Å². The molecule has 0 aromatic heterocycles. The van der Waals surface area contributed by atoms with Crippen molar-refractivity contribution in [1.29, 1.82) is 0 Å². The van der Waals surface area contributed by atoms with Crippen LogP contribution in [0, 0.1) is 17.0 Å². The Bertz CT molecular complexity index is 652. The maximum atomic E-state index is 13.3. The molecule has 0 unspecified atom stereocenters. The molecule has 0 saturated carbocycles. The highest BCUT2D eigenvalue weighted by Crippen LogP contribution is 2.41. The Morgan fingerprint density at radius 1 is 1.20 bits per heavy atom. The molecule has 1 spiro atoms. The third-order valence-corrected chi connectivity index (χ3v) is 5.15. The topological polar surface area (TPSA) is 49.9 Å². The van der Waals surface area contributed by atoms with Crippen LogP contribution in [0.2, 0.25) is 0 Å². The lowest BCUT2D eigenvalue weighted by molar-refractivity contribution is -0.137. The number of likely N-dealkylation sites (tertiary alicyclic amines) is 2. The Balaban J connectivity index is 1.62. The smallest absolute Gasteiger partial charge is 0.248 e. The SMILES string of the molecule is COCC(=O)N1CCC2(CC1)CC(=O)N(Cc1cc(F)cc(F)c1)C2. The van der Waals surface area contributed by atoms with Gasteiger partial charge >= 0.3 is 0 Å². The second kappa shape index (κ2) is 7.07. The first kappa shape index (κ1) is 17.8. The normalized spacial score (nSPS) is 19.7. The van der Waals surface area contributed by atoms with Gasteiger partial charge in [0.15, 0.2) is 0 Å². The molecule has 0 radical (unpaired) electrons. The Morgan fingerprint density at radius 3 is 2.44 bits per heavy atom.